The van der Waals surface area contributed by atoms with E-state index in [1.54, 1.807) is 7.11 Å². The second-order valence-electron chi connectivity index (χ2n) is 3.94. The molecule has 1 atom stereocenters. The minimum absolute atomic E-state index is 0.184. The van der Waals surface area contributed by atoms with Gasteiger partial charge in [0.25, 0.3) is 0 Å². The molecule has 1 aromatic carbocycles. The standard InChI is InChI=1S/C12H17BrN2OS/c1-8-4-5-11(10(13)6-8)15-12(17)14-9(2)7-16-3/h4-6,9H,7H2,1-3H3,(H2,14,15,17)/t9-/m0/s1. The first kappa shape index (κ1) is 14.4. The summed E-state index contributed by atoms with van der Waals surface area (Å²) in [7, 11) is 1.67. The van der Waals surface area contributed by atoms with Crippen LogP contribution in [0.2, 0.25) is 0 Å². The monoisotopic (exact) mass is 316 g/mol. The third kappa shape index (κ3) is 5.02. The molecule has 0 fully saturated rings. The molecule has 0 spiro atoms. The molecule has 0 unspecified atom stereocenters. The van der Waals surface area contributed by atoms with Gasteiger partial charge in [0.2, 0.25) is 0 Å². The molecule has 5 heteroatoms. The topological polar surface area (TPSA) is 33.3 Å². The van der Waals surface area contributed by atoms with Crippen LogP contribution in [0.1, 0.15) is 12.5 Å². The van der Waals surface area contributed by atoms with E-state index in [0.717, 1.165) is 10.2 Å². The first-order chi connectivity index (χ1) is 8.02. The molecule has 2 N–H and O–H groups in total. The van der Waals surface area contributed by atoms with Crippen molar-refractivity contribution < 1.29 is 4.74 Å². The van der Waals surface area contributed by atoms with Gasteiger partial charge in [0.15, 0.2) is 5.11 Å². The van der Waals surface area contributed by atoms with E-state index in [-0.39, 0.29) is 6.04 Å². The molecule has 0 aliphatic heterocycles. The molecule has 1 aromatic rings. The molecule has 0 saturated heterocycles. The normalized spacial score (nSPS) is 12.0. The van der Waals surface area contributed by atoms with Crippen LogP contribution in [0.15, 0.2) is 22.7 Å². The Hall–Kier alpha value is -0.650. The van der Waals surface area contributed by atoms with Crippen LogP contribution >= 0.6 is 28.1 Å². The summed E-state index contributed by atoms with van der Waals surface area (Å²) < 4.78 is 6.04. The minimum atomic E-state index is 0.184. The van der Waals surface area contributed by atoms with Crippen LogP contribution in [0.4, 0.5) is 5.69 Å². The summed E-state index contributed by atoms with van der Waals surface area (Å²) in [4.78, 5) is 0. The highest BCUT2D eigenvalue weighted by atomic mass is 79.9. The zero-order valence-electron chi connectivity index (χ0n) is 10.2. The van der Waals surface area contributed by atoms with Crippen molar-refractivity contribution in [1.82, 2.24) is 5.32 Å². The number of benzene rings is 1. The van der Waals surface area contributed by atoms with Crippen molar-refractivity contribution in [2.24, 2.45) is 0 Å². The quantitative estimate of drug-likeness (QED) is 0.836. The number of hydrogen-bond donors (Lipinski definition) is 2. The number of hydrogen-bond acceptors (Lipinski definition) is 2. The second kappa shape index (κ2) is 6.93. The van der Waals surface area contributed by atoms with Crippen molar-refractivity contribution in [3.05, 3.63) is 28.2 Å². The van der Waals surface area contributed by atoms with Crippen molar-refractivity contribution in [2.45, 2.75) is 19.9 Å². The summed E-state index contributed by atoms with van der Waals surface area (Å²) in [5, 5.41) is 6.89. The van der Waals surface area contributed by atoms with E-state index in [2.05, 4.69) is 26.6 Å². The maximum absolute atomic E-state index is 5.22. The van der Waals surface area contributed by atoms with Gasteiger partial charge in [0.1, 0.15) is 0 Å². The summed E-state index contributed by atoms with van der Waals surface area (Å²) in [6.45, 7) is 4.68. The average molecular weight is 317 g/mol. The highest BCUT2D eigenvalue weighted by Crippen LogP contribution is 2.23. The van der Waals surface area contributed by atoms with Gasteiger partial charge in [-0.2, -0.15) is 0 Å². The lowest BCUT2D eigenvalue weighted by molar-refractivity contribution is 0.179. The van der Waals surface area contributed by atoms with Gasteiger partial charge in [-0.15, -0.1) is 0 Å². The predicted octanol–water partition coefficient (Wildman–Crippen LogP) is 3.08. The smallest absolute Gasteiger partial charge is 0.171 e. The van der Waals surface area contributed by atoms with Crippen LogP contribution < -0.4 is 10.6 Å². The van der Waals surface area contributed by atoms with Gasteiger partial charge in [-0.05, 0) is 59.7 Å². The number of thiocarbonyl (C=S) groups is 1. The molecule has 0 bridgehead atoms. The van der Waals surface area contributed by atoms with Crippen LogP contribution in [0.3, 0.4) is 0 Å². The Labute approximate surface area is 116 Å². The van der Waals surface area contributed by atoms with E-state index in [9.17, 15) is 0 Å². The SMILES string of the molecule is COC[C@H](C)NC(=S)Nc1ccc(C)cc1Br. The molecule has 17 heavy (non-hydrogen) atoms. The van der Waals surface area contributed by atoms with Crippen molar-refractivity contribution in [1.29, 1.82) is 0 Å². The molecule has 0 aliphatic rings. The van der Waals surface area contributed by atoms with Gasteiger partial charge in [-0.25, -0.2) is 0 Å². The fraction of sp³-hybridized carbons (Fsp3) is 0.417. The first-order valence-corrected chi connectivity index (χ1v) is 6.55. The van der Waals surface area contributed by atoms with Gasteiger partial charge in [-0.3, -0.25) is 0 Å². The Balaban J connectivity index is 2.56. The largest absolute Gasteiger partial charge is 0.383 e. The lowest BCUT2D eigenvalue weighted by Gasteiger charge is -2.17. The van der Waals surface area contributed by atoms with Crippen molar-refractivity contribution >= 4 is 38.9 Å². The number of halogens is 1. The molecular formula is C12H17BrN2OS. The van der Waals surface area contributed by atoms with E-state index in [1.165, 1.54) is 5.56 Å². The zero-order chi connectivity index (χ0) is 12.8. The molecular weight excluding hydrogens is 300 g/mol. The Morgan fingerprint density at radius 1 is 1.53 bits per heavy atom. The van der Waals surface area contributed by atoms with E-state index in [0.29, 0.717) is 11.7 Å². The molecule has 0 heterocycles. The molecule has 0 aromatic heterocycles. The number of methoxy groups -OCH3 is 1. The Bertz CT molecular complexity index is 398. The molecule has 0 saturated carbocycles. The van der Waals surface area contributed by atoms with Crippen molar-refractivity contribution in [3.63, 3.8) is 0 Å². The number of nitrogens with one attached hydrogen (secondary N) is 2. The van der Waals surface area contributed by atoms with Gasteiger partial charge in [0.05, 0.1) is 12.3 Å². The second-order valence-corrected chi connectivity index (χ2v) is 5.20. The van der Waals surface area contributed by atoms with E-state index < -0.39 is 0 Å². The van der Waals surface area contributed by atoms with E-state index >= 15 is 0 Å². The minimum Gasteiger partial charge on any atom is -0.383 e. The summed E-state index contributed by atoms with van der Waals surface area (Å²) >= 11 is 8.72. The van der Waals surface area contributed by atoms with Crippen LogP contribution in [0, 0.1) is 6.92 Å². The number of ether oxygens (including phenoxy) is 1. The van der Waals surface area contributed by atoms with E-state index in [4.69, 9.17) is 17.0 Å². The maximum atomic E-state index is 5.22. The van der Waals surface area contributed by atoms with Crippen LogP contribution in [-0.2, 0) is 4.74 Å². The molecule has 0 radical (unpaired) electrons. The van der Waals surface area contributed by atoms with Gasteiger partial charge in [0, 0.05) is 17.6 Å². The Morgan fingerprint density at radius 2 is 2.24 bits per heavy atom. The zero-order valence-corrected chi connectivity index (χ0v) is 12.6. The lowest BCUT2D eigenvalue weighted by Crippen LogP contribution is -2.38. The molecule has 3 nitrogen and oxygen atoms in total. The third-order valence-electron chi connectivity index (χ3n) is 2.17. The molecule has 0 aliphatic carbocycles. The first-order valence-electron chi connectivity index (χ1n) is 5.35. The average Bonchev–Trinajstić information content (AvgIpc) is 2.22. The molecule has 1 rings (SSSR count). The lowest BCUT2D eigenvalue weighted by atomic mass is 10.2. The van der Waals surface area contributed by atoms with Gasteiger partial charge < -0.3 is 15.4 Å². The highest BCUT2D eigenvalue weighted by Gasteiger charge is 2.05. The van der Waals surface area contributed by atoms with Crippen molar-refractivity contribution in [2.75, 3.05) is 19.0 Å². The van der Waals surface area contributed by atoms with Crippen LogP contribution in [0.5, 0.6) is 0 Å². The fourth-order valence-electron chi connectivity index (χ4n) is 1.40. The van der Waals surface area contributed by atoms with Gasteiger partial charge >= 0.3 is 0 Å². The summed E-state index contributed by atoms with van der Waals surface area (Å²) in [5.41, 5.74) is 2.16. The predicted molar refractivity (Wildman–Crippen MR) is 79.6 cm³/mol. The van der Waals surface area contributed by atoms with E-state index in [1.807, 2.05) is 32.0 Å². The third-order valence-corrected chi connectivity index (χ3v) is 3.04. The number of aryl methyl sites for hydroxylation is 1. The summed E-state index contributed by atoms with van der Waals surface area (Å²) in [6.07, 6.45) is 0. The number of anilines is 1. The number of rotatable bonds is 4. The van der Waals surface area contributed by atoms with Crippen molar-refractivity contribution in [3.8, 4) is 0 Å². The molecule has 0 amide bonds. The Kier molecular flexibility index (Phi) is 5.88. The maximum Gasteiger partial charge on any atom is 0.171 e. The van der Waals surface area contributed by atoms with Gasteiger partial charge in [-0.1, -0.05) is 6.07 Å². The van der Waals surface area contributed by atoms with Crippen LogP contribution in [0.25, 0.3) is 0 Å². The summed E-state index contributed by atoms with van der Waals surface area (Å²) in [6, 6.07) is 6.26. The van der Waals surface area contributed by atoms with Crippen LogP contribution in [-0.4, -0.2) is 24.9 Å². The fourth-order valence-corrected chi connectivity index (χ4v) is 2.30. The Morgan fingerprint density at radius 3 is 2.82 bits per heavy atom. The molecule has 94 valence electrons. The summed E-state index contributed by atoms with van der Waals surface area (Å²) in [5.74, 6) is 0. The highest BCUT2D eigenvalue weighted by molar-refractivity contribution is 9.10.